The molecular weight excluding hydrogens is 366 g/mol. The smallest absolute Gasteiger partial charge is 0.262 e. The summed E-state index contributed by atoms with van der Waals surface area (Å²) in [6, 6.07) is 21.8. The molecule has 0 fully saturated rings. The fourth-order valence-corrected chi connectivity index (χ4v) is 2.62. The molecule has 29 heavy (non-hydrogen) atoms. The van der Waals surface area contributed by atoms with Gasteiger partial charge in [-0.05, 0) is 30.3 Å². The summed E-state index contributed by atoms with van der Waals surface area (Å²) in [5.41, 5.74) is 1.83. The largest absolute Gasteiger partial charge is 0.488 e. The van der Waals surface area contributed by atoms with Crippen molar-refractivity contribution in [1.82, 2.24) is 5.32 Å². The van der Waals surface area contributed by atoms with Crippen LogP contribution in [0, 0.1) is 22.7 Å². The third-order valence-corrected chi connectivity index (χ3v) is 4.11. The summed E-state index contributed by atoms with van der Waals surface area (Å²) < 4.78 is 11.0. The summed E-state index contributed by atoms with van der Waals surface area (Å²) in [5.74, 6) is 0.593. The number of nitrogens with zero attached hydrogens (tertiary/aromatic N) is 2. The monoisotopic (exact) mass is 383 g/mol. The molecule has 0 radical (unpaired) electrons. The Bertz CT molecular complexity index is 1100. The van der Waals surface area contributed by atoms with Crippen LogP contribution in [-0.2, 0) is 17.9 Å². The van der Waals surface area contributed by atoms with E-state index in [0.29, 0.717) is 22.6 Å². The fraction of sp³-hybridized carbons (Fsp3) is 0.0870. The second-order valence-electron chi connectivity index (χ2n) is 6.03. The number of amides is 1. The number of benzene rings is 2. The van der Waals surface area contributed by atoms with Crippen molar-refractivity contribution in [2.45, 2.75) is 13.2 Å². The van der Waals surface area contributed by atoms with Gasteiger partial charge in [-0.1, -0.05) is 36.4 Å². The first-order valence-corrected chi connectivity index (χ1v) is 8.83. The molecule has 0 aliphatic carbocycles. The molecule has 0 atom stereocenters. The van der Waals surface area contributed by atoms with Gasteiger partial charge in [0, 0.05) is 11.1 Å². The number of hydrogen-bond acceptors (Lipinski definition) is 5. The predicted molar refractivity (Wildman–Crippen MR) is 106 cm³/mol. The molecule has 142 valence electrons. The van der Waals surface area contributed by atoms with E-state index in [1.54, 1.807) is 48.5 Å². The molecule has 0 unspecified atom stereocenters. The highest BCUT2D eigenvalue weighted by atomic mass is 16.5. The Morgan fingerprint density at radius 3 is 2.62 bits per heavy atom. The molecular formula is C23H17N3O3. The van der Waals surface area contributed by atoms with E-state index in [2.05, 4.69) is 11.4 Å². The average molecular weight is 383 g/mol. The molecule has 1 amide bonds. The Labute approximate surface area is 168 Å². The third-order valence-electron chi connectivity index (χ3n) is 4.11. The van der Waals surface area contributed by atoms with Gasteiger partial charge in [-0.15, -0.1) is 0 Å². The summed E-state index contributed by atoms with van der Waals surface area (Å²) in [4.78, 5) is 12.3. The van der Waals surface area contributed by atoms with Crippen molar-refractivity contribution in [3.05, 3.63) is 95.0 Å². The average Bonchev–Trinajstić information content (AvgIpc) is 3.29. The van der Waals surface area contributed by atoms with Gasteiger partial charge in [0.1, 0.15) is 29.8 Å². The minimum Gasteiger partial charge on any atom is -0.488 e. The van der Waals surface area contributed by atoms with Crippen LogP contribution in [-0.4, -0.2) is 5.91 Å². The summed E-state index contributed by atoms with van der Waals surface area (Å²) in [6.45, 7) is 0.384. The molecule has 2 aromatic carbocycles. The van der Waals surface area contributed by atoms with Crippen LogP contribution < -0.4 is 10.1 Å². The van der Waals surface area contributed by atoms with Crippen molar-refractivity contribution in [2.75, 3.05) is 0 Å². The lowest BCUT2D eigenvalue weighted by molar-refractivity contribution is -0.117. The molecule has 3 rings (SSSR count). The van der Waals surface area contributed by atoms with Gasteiger partial charge in [0.2, 0.25) is 0 Å². The first-order valence-electron chi connectivity index (χ1n) is 8.83. The van der Waals surface area contributed by atoms with Crippen LogP contribution >= 0.6 is 0 Å². The minimum atomic E-state index is -0.506. The van der Waals surface area contributed by atoms with Gasteiger partial charge in [-0.2, -0.15) is 10.5 Å². The molecule has 1 aromatic heterocycles. The van der Waals surface area contributed by atoms with Gasteiger partial charge in [-0.3, -0.25) is 4.79 Å². The van der Waals surface area contributed by atoms with Gasteiger partial charge in [-0.25, -0.2) is 0 Å². The zero-order valence-electron chi connectivity index (χ0n) is 15.5. The first-order chi connectivity index (χ1) is 14.2. The Balaban J connectivity index is 1.75. The van der Waals surface area contributed by atoms with Gasteiger partial charge < -0.3 is 14.5 Å². The number of carbonyl (C=O) groups is 1. The number of hydrogen-bond donors (Lipinski definition) is 1. The standard InChI is InChI=1S/C23H17N3O3/c24-13-18-7-1-2-8-19(18)16-29-22-10-4-3-6-17(22)12-20(14-25)23(27)26-15-21-9-5-11-28-21/h1-12H,15-16H2,(H,26,27)/b20-12+. The predicted octanol–water partition coefficient (Wildman–Crippen LogP) is 3.95. The molecule has 3 aromatic rings. The van der Waals surface area contributed by atoms with Crippen LogP contribution in [0.25, 0.3) is 6.08 Å². The highest BCUT2D eigenvalue weighted by Crippen LogP contribution is 2.23. The molecule has 0 saturated carbocycles. The van der Waals surface area contributed by atoms with E-state index in [9.17, 15) is 15.3 Å². The lowest BCUT2D eigenvalue weighted by atomic mass is 10.1. The molecule has 0 aliphatic rings. The second-order valence-corrected chi connectivity index (χ2v) is 6.03. The molecule has 0 spiro atoms. The van der Waals surface area contributed by atoms with Crippen LogP contribution in [0.1, 0.15) is 22.5 Å². The second kappa shape index (κ2) is 9.59. The molecule has 0 bridgehead atoms. The highest BCUT2D eigenvalue weighted by molar-refractivity contribution is 6.01. The number of rotatable bonds is 7. The van der Waals surface area contributed by atoms with Crippen LogP contribution in [0.15, 0.2) is 76.9 Å². The van der Waals surface area contributed by atoms with Crippen molar-refractivity contribution in [3.63, 3.8) is 0 Å². The fourth-order valence-electron chi connectivity index (χ4n) is 2.62. The number of nitriles is 2. The van der Waals surface area contributed by atoms with Crippen molar-refractivity contribution in [2.24, 2.45) is 0 Å². The molecule has 1 N–H and O–H groups in total. The van der Waals surface area contributed by atoms with E-state index in [-0.39, 0.29) is 18.7 Å². The van der Waals surface area contributed by atoms with Crippen molar-refractivity contribution in [1.29, 1.82) is 10.5 Å². The zero-order chi connectivity index (χ0) is 20.5. The molecule has 1 heterocycles. The quantitative estimate of drug-likeness (QED) is 0.492. The lowest BCUT2D eigenvalue weighted by Crippen LogP contribution is -2.23. The Hall–Kier alpha value is -4.29. The summed E-state index contributed by atoms with van der Waals surface area (Å²) >= 11 is 0. The van der Waals surface area contributed by atoms with Gasteiger partial charge in [0.15, 0.2) is 0 Å². The zero-order valence-corrected chi connectivity index (χ0v) is 15.5. The van der Waals surface area contributed by atoms with Gasteiger partial charge >= 0.3 is 0 Å². The van der Waals surface area contributed by atoms with Gasteiger partial charge in [0.25, 0.3) is 5.91 Å². The minimum absolute atomic E-state index is 0.0509. The number of para-hydroxylation sites is 1. The molecule has 0 saturated heterocycles. The van der Waals surface area contributed by atoms with Crippen molar-refractivity contribution >= 4 is 12.0 Å². The number of nitrogens with one attached hydrogen (secondary N) is 1. The molecule has 6 nitrogen and oxygen atoms in total. The van der Waals surface area contributed by atoms with Crippen LogP contribution in [0.5, 0.6) is 5.75 Å². The van der Waals surface area contributed by atoms with E-state index in [0.717, 1.165) is 5.56 Å². The topological polar surface area (TPSA) is 99.0 Å². The third kappa shape index (κ3) is 5.12. The van der Waals surface area contributed by atoms with Crippen molar-refractivity contribution < 1.29 is 13.9 Å². The maximum atomic E-state index is 12.3. The SMILES string of the molecule is N#C/C(=C\c1ccccc1OCc1ccccc1C#N)C(=O)NCc1ccco1. The summed E-state index contributed by atoms with van der Waals surface area (Å²) in [5, 5.41) is 21.2. The number of furan rings is 1. The highest BCUT2D eigenvalue weighted by Gasteiger charge is 2.12. The Morgan fingerprint density at radius 1 is 1.07 bits per heavy atom. The van der Waals surface area contributed by atoms with E-state index in [4.69, 9.17) is 9.15 Å². The first kappa shape index (κ1) is 19.5. The van der Waals surface area contributed by atoms with E-state index >= 15 is 0 Å². The molecule has 0 aliphatic heterocycles. The summed E-state index contributed by atoms with van der Waals surface area (Å²) in [6.07, 6.45) is 2.99. The maximum Gasteiger partial charge on any atom is 0.262 e. The van der Waals surface area contributed by atoms with Crippen LogP contribution in [0.2, 0.25) is 0 Å². The normalized spacial score (nSPS) is 10.6. The Kier molecular flexibility index (Phi) is 6.44. The van der Waals surface area contributed by atoms with E-state index < -0.39 is 5.91 Å². The van der Waals surface area contributed by atoms with E-state index in [1.165, 1.54) is 12.3 Å². The Morgan fingerprint density at radius 2 is 1.86 bits per heavy atom. The maximum absolute atomic E-state index is 12.3. The number of ether oxygens (including phenoxy) is 1. The molecule has 6 heteroatoms. The van der Waals surface area contributed by atoms with Crippen LogP contribution in [0.4, 0.5) is 0 Å². The number of carbonyl (C=O) groups excluding carboxylic acids is 1. The van der Waals surface area contributed by atoms with Crippen LogP contribution in [0.3, 0.4) is 0 Å². The van der Waals surface area contributed by atoms with Crippen molar-refractivity contribution in [3.8, 4) is 17.9 Å². The summed E-state index contributed by atoms with van der Waals surface area (Å²) in [7, 11) is 0. The van der Waals surface area contributed by atoms with Gasteiger partial charge in [0.05, 0.1) is 24.4 Å². The van der Waals surface area contributed by atoms with E-state index in [1.807, 2.05) is 18.2 Å². The lowest BCUT2D eigenvalue weighted by Gasteiger charge is -2.10.